The van der Waals surface area contributed by atoms with Gasteiger partial charge in [-0.05, 0) is 77.2 Å². The number of hydrogen-bond acceptors (Lipinski definition) is 6. The molecule has 1 aromatic heterocycles. The lowest BCUT2D eigenvalue weighted by Gasteiger charge is -2.38. The number of carbonyl (C=O) groups excluding carboxylic acids is 1. The van der Waals surface area contributed by atoms with Gasteiger partial charge in [0.2, 0.25) is 5.95 Å². The summed E-state index contributed by atoms with van der Waals surface area (Å²) in [6, 6.07) is 1.01. The van der Waals surface area contributed by atoms with Gasteiger partial charge in [-0.15, -0.1) is 0 Å². The summed E-state index contributed by atoms with van der Waals surface area (Å²) in [7, 11) is 1.91. The van der Waals surface area contributed by atoms with E-state index >= 15 is 0 Å². The van der Waals surface area contributed by atoms with Crippen LogP contribution in [0.5, 0.6) is 0 Å². The summed E-state index contributed by atoms with van der Waals surface area (Å²) in [5.41, 5.74) is 2.10. The van der Waals surface area contributed by atoms with Crippen LogP contribution in [0.3, 0.4) is 0 Å². The second-order valence-electron chi connectivity index (χ2n) is 10.6. The van der Waals surface area contributed by atoms with E-state index in [-0.39, 0.29) is 30.0 Å². The summed E-state index contributed by atoms with van der Waals surface area (Å²) in [5, 5.41) is 13.3. The van der Waals surface area contributed by atoms with Crippen molar-refractivity contribution in [3.05, 3.63) is 24.0 Å². The van der Waals surface area contributed by atoms with Crippen LogP contribution < -0.4 is 5.32 Å². The molecule has 1 saturated heterocycles. The minimum absolute atomic E-state index is 0.0249. The minimum Gasteiger partial charge on any atom is -0.393 e. The van der Waals surface area contributed by atoms with Crippen molar-refractivity contribution in [1.82, 2.24) is 19.8 Å². The summed E-state index contributed by atoms with van der Waals surface area (Å²) in [6.07, 6.45) is 8.80. The molecule has 1 atom stereocenters. The van der Waals surface area contributed by atoms with Crippen LogP contribution in [0.25, 0.3) is 5.57 Å². The molecule has 1 amide bonds. The summed E-state index contributed by atoms with van der Waals surface area (Å²) < 4.78 is 0. The van der Waals surface area contributed by atoms with E-state index in [9.17, 15) is 9.90 Å². The number of piperidine rings is 1. The second-order valence-corrected chi connectivity index (χ2v) is 10.6. The van der Waals surface area contributed by atoms with Gasteiger partial charge in [-0.2, -0.15) is 0 Å². The number of nitrogens with zero attached hydrogens (tertiary/aromatic N) is 4. The smallest absolute Gasteiger partial charge is 0.257 e. The van der Waals surface area contributed by atoms with Crippen molar-refractivity contribution in [2.75, 3.05) is 25.5 Å². The largest absolute Gasteiger partial charge is 0.393 e. The Hall–Kier alpha value is -1.99. The van der Waals surface area contributed by atoms with Gasteiger partial charge in [-0.1, -0.05) is 19.9 Å². The lowest BCUT2D eigenvalue weighted by Crippen LogP contribution is -2.47. The maximum absolute atomic E-state index is 13.7. The molecule has 2 fully saturated rings. The molecule has 7 nitrogen and oxygen atoms in total. The molecule has 190 valence electrons. The van der Waals surface area contributed by atoms with E-state index in [0.717, 1.165) is 70.0 Å². The summed E-state index contributed by atoms with van der Waals surface area (Å²) >= 11 is 0. The minimum atomic E-state index is -0.231. The lowest BCUT2D eigenvalue weighted by molar-refractivity contribution is 0.0614. The maximum atomic E-state index is 13.7. The Morgan fingerprint density at radius 2 is 1.85 bits per heavy atom. The van der Waals surface area contributed by atoms with Gasteiger partial charge in [-0.3, -0.25) is 4.79 Å². The highest BCUT2D eigenvalue weighted by atomic mass is 16.3. The van der Waals surface area contributed by atoms with E-state index in [1.807, 2.05) is 11.9 Å². The molecule has 3 rings (SSSR count). The fraction of sp³-hybridized carbons (Fsp3) is 0.741. The Labute approximate surface area is 206 Å². The van der Waals surface area contributed by atoms with E-state index in [1.165, 1.54) is 0 Å². The number of allylic oxidation sites excluding steroid dienone is 1. The number of aromatic nitrogens is 2. The average Bonchev–Trinajstić information content (AvgIpc) is 2.83. The normalized spacial score (nSPS) is 23.0. The first-order valence-corrected chi connectivity index (χ1v) is 13.2. The predicted molar refractivity (Wildman–Crippen MR) is 139 cm³/mol. The fourth-order valence-corrected chi connectivity index (χ4v) is 5.34. The van der Waals surface area contributed by atoms with Crippen molar-refractivity contribution in [1.29, 1.82) is 0 Å². The van der Waals surface area contributed by atoms with Crippen LogP contribution in [-0.2, 0) is 0 Å². The number of aliphatic hydroxyl groups is 1. The monoisotopic (exact) mass is 471 g/mol. The number of hydrogen-bond donors (Lipinski definition) is 2. The number of aliphatic hydroxyl groups excluding tert-OH is 1. The average molecular weight is 472 g/mol. The molecule has 2 aliphatic rings. The molecule has 1 unspecified atom stereocenters. The predicted octanol–water partition coefficient (Wildman–Crippen LogP) is 4.59. The highest BCUT2D eigenvalue weighted by molar-refractivity contribution is 5.98. The Balaban J connectivity index is 1.83. The highest BCUT2D eigenvalue weighted by Crippen LogP contribution is 2.35. The molecule has 34 heavy (non-hydrogen) atoms. The number of amides is 1. The number of carbonyl (C=O) groups is 1. The molecule has 0 radical (unpaired) electrons. The lowest BCUT2D eigenvalue weighted by atomic mass is 9.81. The van der Waals surface area contributed by atoms with Crippen molar-refractivity contribution in [3.63, 3.8) is 0 Å². The van der Waals surface area contributed by atoms with Crippen LogP contribution in [0.4, 0.5) is 5.95 Å². The van der Waals surface area contributed by atoms with E-state index in [4.69, 9.17) is 4.98 Å². The topological polar surface area (TPSA) is 81.6 Å². The number of nitrogens with one attached hydrogen (secondary N) is 1. The van der Waals surface area contributed by atoms with Crippen molar-refractivity contribution in [2.24, 2.45) is 5.92 Å². The molecule has 2 N–H and O–H groups in total. The van der Waals surface area contributed by atoms with Crippen LogP contribution in [0.1, 0.15) is 95.1 Å². The molecule has 1 aliphatic carbocycles. The molecular formula is C27H45N5O2. The third-order valence-corrected chi connectivity index (χ3v) is 7.71. The first-order chi connectivity index (χ1) is 16.2. The molecule has 1 aliphatic heterocycles. The molecule has 2 heterocycles. The summed E-state index contributed by atoms with van der Waals surface area (Å²) in [6.45, 7) is 15.2. The van der Waals surface area contributed by atoms with Crippen molar-refractivity contribution < 1.29 is 9.90 Å². The molecule has 7 heteroatoms. The van der Waals surface area contributed by atoms with Gasteiger partial charge < -0.3 is 20.2 Å². The van der Waals surface area contributed by atoms with Gasteiger partial charge >= 0.3 is 0 Å². The van der Waals surface area contributed by atoms with Crippen molar-refractivity contribution in [3.8, 4) is 0 Å². The van der Waals surface area contributed by atoms with Crippen LogP contribution in [0, 0.1) is 5.92 Å². The van der Waals surface area contributed by atoms with Crippen LogP contribution in [-0.4, -0.2) is 75.1 Å². The van der Waals surface area contributed by atoms with Gasteiger partial charge in [-0.25, -0.2) is 9.97 Å². The van der Waals surface area contributed by atoms with Gasteiger partial charge in [0.1, 0.15) is 0 Å². The molecule has 0 spiro atoms. The third kappa shape index (κ3) is 6.57. The van der Waals surface area contributed by atoms with Crippen molar-refractivity contribution in [2.45, 2.75) is 103 Å². The Morgan fingerprint density at radius 1 is 1.21 bits per heavy atom. The molecule has 0 bridgehead atoms. The third-order valence-electron chi connectivity index (χ3n) is 7.71. The van der Waals surface area contributed by atoms with E-state index in [1.54, 1.807) is 6.20 Å². The zero-order valence-corrected chi connectivity index (χ0v) is 21.9. The molecule has 1 saturated carbocycles. The Kier molecular flexibility index (Phi) is 9.48. The van der Waals surface area contributed by atoms with E-state index in [0.29, 0.717) is 23.2 Å². The highest BCUT2D eigenvalue weighted by Gasteiger charge is 2.31. The SMILES string of the molecule is C=C(c1nc(NC(C)CCC)ncc1C(=O)N(C)C1CCN(C(C)C)CC1)[C@H]1CC[C@H](O)CC1. The molecule has 0 aromatic carbocycles. The van der Waals surface area contributed by atoms with Gasteiger partial charge in [0.05, 0.1) is 17.4 Å². The molecule has 1 aromatic rings. The van der Waals surface area contributed by atoms with Crippen LogP contribution in [0.15, 0.2) is 12.8 Å². The second kappa shape index (κ2) is 12.1. The molecular weight excluding hydrogens is 426 g/mol. The number of rotatable bonds is 9. The standard InChI is InChI=1S/C27H45N5O2/c1-7-8-19(4)29-27-28-17-24(25(30-27)20(5)21-9-11-23(33)12-10-21)26(34)31(6)22-13-15-32(16-14-22)18(2)3/h17-19,21-23,33H,5,7-16H2,1-4,6H3,(H,28,29,30)/t19?,21-,23-. The van der Waals surface area contributed by atoms with Crippen LogP contribution >= 0.6 is 0 Å². The van der Waals surface area contributed by atoms with Crippen LogP contribution in [0.2, 0.25) is 0 Å². The fourth-order valence-electron chi connectivity index (χ4n) is 5.34. The maximum Gasteiger partial charge on any atom is 0.257 e. The van der Waals surface area contributed by atoms with E-state index in [2.05, 4.69) is 49.5 Å². The zero-order chi connectivity index (χ0) is 24.8. The zero-order valence-electron chi connectivity index (χ0n) is 21.9. The first-order valence-electron chi connectivity index (χ1n) is 13.2. The van der Waals surface area contributed by atoms with Gasteiger partial charge in [0.15, 0.2) is 0 Å². The summed E-state index contributed by atoms with van der Waals surface area (Å²) in [4.78, 5) is 27.4. The number of likely N-dealkylation sites (tertiary alicyclic amines) is 1. The van der Waals surface area contributed by atoms with Crippen molar-refractivity contribution >= 4 is 17.4 Å². The summed E-state index contributed by atoms with van der Waals surface area (Å²) in [5.74, 6) is 0.755. The Morgan fingerprint density at radius 3 is 2.44 bits per heavy atom. The van der Waals surface area contributed by atoms with Gasteiger partial charge in [0.25, 0.3) is 5.91 Å². The quantitative estimate of drug-likeness (QED) is 0.548. The van der Waals surface area contributed by atoms with Gasteiger partial charge in [0, 0.05) is 44.5 Å². The first kappa shape index (κ1) is 26.6. The number of anilines is 1. The Bertz CT molecular complexity index is 826. The van der Waals surface area contributed by atoms with E-state index < -0.39 is 0 Å².